The van der Waals surface area contributed by atoms with Crippen molar-refractivity contribution in [2.75, 3.05) is 9.80 Å². The minimum Gasteiger partial charge on any atom is -0.311 e. The van der Waals surface area contributed by atoms with Gasteiger partial charge in [0.25, 0.3) is 6.71 Å². The van der Waals surface area contributed by atoms with Crippen molar-refractivity contribution in [2.24, 2.45) is 0 Å². The molecule has 5 aromatic carbocycles. The van der Waals surface area contributed by atoms with Crippen molar-refractivity contribution in [3.63, 3.8) is 0 Å². The first-order chi connectivity index (χ1) is 28.8. The van der Waals surface area contributed by atoms with E-state index in [1.807, 2.05) is 11.3 Å². The third kappa shape index (κ3) is 6.08. The van der Waals surface area contributed by atoms with Crippen molar-refractivity contribution < 1.29 is 0 Å². The number of thiophene rings is 1. The van der Waals surface area contributed by atoms with Crippen LogP contribution in [0.25, 0.3) is 10.1 Å². The van der Waals surface area contributed by atoms with E-state index in [2.05, 4.69) is 199 Å². The Kier molecular flexibility index (Phi) is 8.85. The maximum Gasteiger partial charge on any atom is 0.254 e. The monoisotopic (exact) mass is 837 g/mol. The van der Waals surface area contributed by atoms with Crippen molar-refractivity contribution in [3.05, 3.63) is 123 Å². The van der Waals surface area contributed by atoms with Crippen LogP contribution in [0, 0.1) is 13.8 Å². The molecule has 4 aliphatic rings. The molecule has 2 aliphatic heterocycles. The number of benzene rings is 5. The van der Waals surface area contributed by atoms with Crippen LogP contribution in [-0.2, 0) is 32.5 Å². The van der Waals surface area contributed by atoms with Gasteiger partial charge in [-0.05, 0) is 169 Å². The van der Waals surface area contributed by atoms with Gasteiger partial charge in [-0.1, -0.05) is 145 Å². The summed E-state index contributed by atoms with van der Waals surface area (Å²) in [6, 6.07) is 32.3. The van der Waals surface area contributed by atoms with E-state index < -0.39 is 0 Å². The Morgan fingerprint density at radius 2 is 1.10 bits per heavy atom. The molecule has 0 saturated heterocycles. The zero-order chi connectivity index (χ0) is 44.4. The van der Waals surface area contributed by atoms with Crippen LogP contribution in [0.3, 0.4) is 0 Å². The molecular formula is C58H69BN2S. The Morgan fingerprint density at radius 1 is 0.532 bits per heavy atom. The average molecular weight is 837 g/mol. The van der Waals surface area contributed by atoms with E-state index in [0.29, 0.717) is 0 Å². The van der Waals surface area contributed by atoms with Gasteiger partial charge in [0.2, 0.25) is 0 Å². The maximum atomic E-state index is 2.82. The number of rotatable bonds is 2. The Labute approximate surface area is 378 Å². The fourth-order valence-electron chi connectivity index (χ4n) is 11.9. The molecule has 1 aromatic heterocycles. The second-order valence-corrected chi connectivity index (χ2v) is 25.6. The minimum absolute atomic E-state index is 0.00851. The highest BCUT2D eigenvalue weighted by Gasteiger charge is 2.50. The van der Waals surface area contributed by atoms with Gasteiger partial charge in [-0.25, -0.2) is 0 Å². The molecule has 0 saturated carbocycles. The Balaban J connectivity index is 1.39. The molecule has 0 unspecified atom stereocenters. The number of fused-ring (bicyclic) bond motifs is 9. The topological polar surface area (TPSA) is 6.48 Å². The largest absolute Gasteiger partial charge is 0.311 e. The number of hydrogen-bond donors (Lipinski definition) is 0. The van der Waals surface area contributed by atoms with Gasteiger partial charge in [-0.15, -0.1) is 11.3 Å². The number of hydrogen-bond acceptors (Lipinski definition) is 3. The van der Waals surface area contributed by atoms with Gasteiger partial charge in [0.1, 0.15) is 0 Å². The third-order valence-electron chi connectivity index (χ3n) is 16.1. The molecule has 3 heterocycles. The van der Waals surface area contributed by atoms with Gasteiger partial charge in [-0.2, -0.15) is 0 Å². The van der Waals surface area contributed by atoms with E-state index in [-0.39, 0.29) is 39.2 Å². The molecule has 0 spiro atoms. The summed E-state index contributed by atoms with van der Waals surface area (Å²) < 4.78 is 1.36. The second-order valence-electron chi connectivity index (χ2n) is 24.5. The zero-order valence-electron chi connectivity index (χ0n) is 40.7. The average Bonchev–Trinajstić information content (AvgIpc) is 3.55. The summed E-state index contributed by atoms with van der Waals surface area (Å²) in [6.07, 6.45) is 4.75. The molecule has 0 bridgehead atoms. The number of anilines is 6. The van der Waals surface area contributed by atoms with Crippen molar-refractivity contribution >= 4 is 78.0 Å². The molecule has 0 fully saturated rings. The Hall–Kier alpha value is -4.28. The van der Waals surface area contributed by atoms with E-state index >= 15 is 0 Å². The summed E-state index contributed by atoms with van der Waals surface area (Å²) in [7, 11) is 0. The molecule has 4 heteroatoms. The SMILES string of the molecule is Cc1ccc2sc3c(c2c1)B1c2ccc4c(c2N(c2cc5c(cc2C)C(C)(C)CCC5(C)C)c2cc(C(C)(C)C)cc(c21)N3c1ccc(C(C)(C)C)cc1)C(C)(C)CCC4(C)C. The lowest BCUT2D eigenvalue weighted by atomic mass is 9.33. The van der Waals surface area contributed by atoms with Crippen LogP contribution in [0.15, 0.2) is 78.9 Å². The molecule has 2 nitrogen and oxygen atoms in total. The van der Waals surface area contributed by atoms with Crippen molar-refractivity contribution in [3.8, 4) is 0 Å². The van der Waals surface area contributed by atoms with Crippen LogP contribution in [0.1, 0.15) is 167 Å². The van der Waals surface area contributed by atoms with Crippen LogP contribution in [-0.4, -0.2) is 6.71 Å². The lowest BCUT2D eigenvalue weighted by Gasteiger charge is -2.50. The summed E-state index contributed by atoms with van der Waals surface area (Å²) in [5.74, 6) is 0. The highest BCUT2D eigenvalue weighted by Crippen LogP contribution is 2.56. The van der Waals surface area contributed by atoms with E-state index in [1.54, 1.807) is 5.56 Å². The minimum atomic E-state index is -0.0828. The predicted octanol–water partition coefficient (Wildman–Crippen LogP) is 14.9. The van der Waals surface area contributed by atoms with Gasteiger partial charge in [0.15, 0.2) is 0 Å². The first-order valence-corrected chi connectivity index (χ1v) is 24.4. The van der Waals surface area contributed by atoms with Crippen LogP contribution < -0.4 is 26.2 Å². The first-order valence-electron chi connectivity index (χ1n) is 23.6. The Morgan fingerprint density at radius 3 is 1.71 bits per heavy atom. The number of aryl methyl sites for hydroxylation is 2. The summed E-state index contributed by atoms with van der Waals surface area (Å²) in [5, 5.41) is 2.75. The molecule has 320 valence electrons. The van der Waals surface area contributed by atoms with Gasteiger partial charge in [-0.3, -0.25) is 0 Å². The lowest BCUT2D eigenvalue weighted by molar-refractivity contribution is 0.331. The van der Waals surface area contributed by atoms with E-state index in [0.717, 1.165) is 6.42 Å². The third-order valence-corrected chi connectivity index (χ3v) is 17.2. The fraction of sp³-hybridized carbons (Fsp3) is 0.448. The van der Waals surface area contributed by atoms with Gasteiger partial charge < -0.3 is 9.80 Å². The highest BCUT2D eigenvalue weighted by molar-refractivity contribution is 7.26. The van der Waals surface area contributed by atoms with Crippen LogP contribution in [0.2, 0.25) is 0 Å². The summed E-state index contributed by atoms with van der Waals surface area (Å²) in [5.41, 5.74) is 22.8. The quantitative estimate of drug-likeness (QED) is 0.160. The molecule has 6 aromatic rings. The van der Waals surface area contributed by atoms with E-state index in [1.165, 1.54) is 118 Å². The van der Waals surface area contributed by atoms with E-state index in [4.69, 9.17) is 0 Å². The van der Waals surface area contributed by atoms with Gasteiger partial charge in [0.05, 0.1) is 5.00 Å². The predicted molar refractivity (Wildman–Crippen MR) is 273 cm³/mol. The Bertz CT molecular complexity index is 2850. The molecule has 0 N–H and O–H groups in total. The molecule has 0 radical (unpaired) electrons. The smallest absolute Gasteiger partial charge is 0.254 e. The maximum absolute atomic E-state index is 2.82. The van der Waals surface area contributed by atoms with Crippen molar-refractivity contribution in [1.82, 2.24) is 0 Å². The summed E-state index contributed by atoms with van der Waals surface area (Å²) >= 11 is 1.98. The molecule has 0 amide bonds. The second kappa shape index (κ2) is 13.2. The molecular weight excluding hydrogens is 768 g/mol. The molecule has 10 rings (SSSR count). The molecule has 2 aliphatic carbocycles. The van der Waals surface area contributed by atoms with E-state index in [9.17, 15) is 0 Å². The van der Waals surface area contributed by atoms with Crippen LogP contribution in [0.4, 0.5) is 33.4 Å². The fourth-order valence-corrected chi connectivity index (χ4v) is 13.1. The number of nitrogens with zero attached hydrogens (tertiary/aromatic N) is 2. The standard InChI is InChI=1S/C58H69BN2S/c1-34-17-24-47-39(29-34)49-52(62-47)60(38-20-18-36(19-21-38)53(3,4)5)45-31-37(54(6,7)8)32-46-50(45)59(49)43-23-22-40-48(58(15,16)28-27-55(40,9)10)51(43)61(46)44-33-42-41(30-35(44)2)56(11,12)25-26-57(42,13)14/h17-24,29-33H,25-28H2,1-16H3. The lowest BCUT2D eigenvalue weighted by Crippen LogP contribution is -2.62. The van der Waals surface area contributed by atoms with Crippen LogP contribution >= 0.6 is 11.3 Å². The highest BCUT2D eigenvalue weighted by atomic mass is 32.1. The first kappa shape index (κ1) is 41.7. The summed E-state index contributed by atoms with van der Waals surface area (Å²) in [6.45, 7) is 38.9. The molecule has 62 heavy (non-hydrogen) atoms. The van der Waals surface area contributed by atoms with Crippen molar-refractivity contribution in [2.45, 2.75) is 169 Å². The summed E-state index contributed by atoms with van der Waals surface area (Å²) in [4.78, 5) is 5.48. The van der Waals surface area contributed by atoms with Gasteiger partial charge >= 0.3 is 0 Å². The van der Waals surface area contributed by atoms with Crippen molar-refractivity contribution in [1.29, 1.82) is 0 Å². The normalized spacial score (nSPS) is 19.1. The van der Waals surface area contributed by atoms with Crippen LogP contribution in [0.5, 0.6) is 0 Å². The molecule has 0 atom stereocenters. The van der Waals surface area contributed by atoms with Gasteiger partial charge in [0, 0.05) is 33.1 Å². The zero-order valence-corrected chi connectivity index (χ0v) is 41.5.